The zero-order chi connectivity index (χ0) is 12.8. The summed E-state index contributed by atoms with van der Waals surface area (Å²) in [5.74, 6) is 2.11. The van der Waals surface area contributed by atoms with Crippen molar-refractivity contribution in [3.8, 4) is 0 Å². The Morgan fingerprint density at radius 1 is 0.944 bits per heavy atom. The first kappa shape index (κ1) is 14.3. The first-order chi connectivity index (χ1) is 8.83. The van der Waals surface area contributed by atoms with Gasteiger partial charge < -0.3 is 9.80 Å². The minimum absolute atomic E-state index is 1.06. The Bertz CT molecular complexity index is 211. The van der Waals surface area contributed by atoms with Gasteiger partial charge in [0.05, 0.1) is 0 Å². The lowest BCUT2D eigenvalue weighted by Crippen LogP contribution is -2.26. The number of hydrogen-bond acceptors (Lipinski definition) is 2. The van der Waals surface area contributed by atoms with Gasteiger partial charge in [0.2, 0.25) is 0 Å². The van der Waals surface area contributed by atoms with E-state index in [-0.39, 0.29) is 0 Å². The van der Waals surface area contributed by atoms with Crippen molar-refractivity contribution in [3.05, 3.63) is 0 Å². The van der Waals surface area contributed by atoms with Crippen molar-refractivity contribution < 1.29 is 0 Å². The van der Waals surface area contributed by atoms with Crippen molar-refractivity contribution in [2.24, 2.45) is 11.8 Å². The summed E-state index contributed by atoms with van der Waals surface area (Å²) in [5.41, 5.74) is 0. The Morgan fingerprint density at radius 3 is 2.11 bits per heavy atom. The van der Waals surface area contributed by atoms with Gasteiger partial charge in [0, 0.05) is 13.1 Å². The molecule has 0 spiro atoms. The quantitative estimate of drug-likeness (QED) is 0.642. The molecule has 0 bridgehead atoms. The van der Waals surface area contributed by atoms with Gasteiger partial charge in [0.1, 0.15) is 0 Å². The van der Waals surface area contributed by atoms with Crippen molar-refractivity contribution in [1.29, 1.82) is 0 Å². The molecule has 0 amide bonds. The van der Waals surface area contributed by atoms with Gasteiger partial charge in [-0.05, 0) is 63.7 Å². The fourth-order valence-electron chi connectivity index (χ4n) is 3.90. The number of nitrogens with zero attached hydrogens (tertiary/aromatic N) is 2. The molecule has 2 aliphatic rings. The molecule has 0 radical (unpaired) electrons. The van der Waals surface area contributed by atoms with Gasteiger partial charge in [-0.3, -0.25) is 0 Å². The van der Waals surface area contributed by atoms with Crippen LogP contribution in [-0.2, 0) is 0 Å². The second-order valence-electron chi connectivity index (χ2n) is 6.30. The van der Waals surface area contributed by atoms with Gasteiger partial charge in [-0.15, -0.1) is 0 Å². The van der Waals surface area contributed by atoms with Gasteiger partial charge in [0.15, 0.2) is 0 Å². The van der Waals surface area contributed by atoms with E-state index in [1.165, 1.54) is 77.8 Å². The highest BCUT2D eigenvalue weighted by Gasteiger charge is 2.33. The van der Waals surface area contributed by atoms with Gasteiger partial charge in [-0.25, -0.2) is 0 Å². The van der Waals surface area contributed by atoms with E-state index in [9.17, 15) is 0 Å². The lowest BCUT2D eigenvalue weighted by atomic mass is 9.82. The van der Waals surface area contributed by atoms with Crippen LogP contribution >= 0.6 is 0 Å². The molecule has 0 aromatic heterocycles. The fourth-order valence-corrected chi connectivity index (χ4v) is 3.90. The zero-order valence-corrected chi connectivity index (χ0v) is 12.5. The monoisotopic (exact) mass is 252 g/mol. The number of hydrogen-bond donors (Lipinski definition) is 0. The first-order valence-corrected chi connectivity index (χ1v) is 8.28. The summed E-state index contributed by atoms with van der Waals surface area (Å²) in [6, 6.07) is 0. The smallest absolute Gasteiger partial charge is 0.00129 e. The number of unbranched alkanes of at least 4 members (excludes halogenated alkanes) is 1. The molecule has 2 nitrogen and oxygen atoms in total. The van der Waals surface area contributed by atoms with Crippen LogP contribution in [-0.4, -0.2) is 49.1 Å². The highest BCUT2D eigenvalue weighted by Crippen LogP contribution is 2.35. The predicted octanol–water partition coefficient (Wildman–Crippen LogP) is 3.23. The molecular weight excluding hydrogens is 220 g/mol. The highest BCUT2D eigenvalue weighted by molar-refractivity contribution is 4.86. The Hall–Kier alpha value is -0.0800. The summed E-state index contributed by atoms with van der Waals surface area (Å²) < 4.78 is 0. The number of likely N-dealkylation sites (tertiary alicyclic amines) is 1. The Balaban J connectivity index is 1.57. The van der Waals surface area contributed by atoms with Crippen molar-refractivity contribution in [3.63, 3.8) is 0 Å². The molecular formula is C16H32N2. The van der Waals surface area contributed by atoms with Crippen LogP contribution in [0.5, 0.6) is 0 Å². The largest absolute Gasteiger partial charge is 0.304 e. The molecule has 0 aromatic carbocycles. The molecule has 18 heavy (non-hydrogen) atoms. The number of rotatable bonds is 7. The van der Waals surface area contributed by atoms with Crippen molar-refractivity contribution >= 4 is 0 Å². The molecule has 0 aromatic rings. The van der Waals surface area contributed by atoms with Crippen LogP contribution in [0.1, 0.15) is 52.4 Å². The third-order valence-corrected chi connectivity index (χ3v) is 5.15. The molecule has 1 aliphatic carbocycles. The maximum Gasteiger partial charge on any atom is 0.00129 e. The molecule has 2 rings (SSSR count). The van der Waals surface area contributed by atoms with E-state index in [0.29, 0.717) is 0 Å². The average Bonchev–Trinajstić information content (AvgIpc) is 2.81. The summed E-state index contributed by atoms with van der Waals surface area (Å²) in [4.78, 5) is 5.30. The van der Waals surface area contributed by atoms with Gasteiger partial charge in [0.25, 0.3) is 0 Å². The summed E-state index contributed by atoms with van der Waals surface area (Å²) >= 11 is 0. The Morgan fingerprint density at radius 2 is 1.56 bits per heavy atom. The molecule has 2 atom stereocenters. The summed E-state index contributed by atoms with van der Waals surface area (Å²) in [7, 11) is 0. The molecule has 2 fully saturated rings. The highest BCUT2D eigenvalue weighted by atomic mass is 15.2. The lowest BCUT2D eigenvalue weighted by Gasteiger charge is -2.23. The Kier molecular flexibility index (Phi) is 5.97. The second-order valence-corrected chi connectivity index (χ2v) is 6.30. The molecule has 2 heteroatoms. The molecule has 0 N–H and O–H groups in total. The van der Waals surface area contributed by atoms with E-state index in [0.717, 1.165) is 11.8 Å². The third-order valence-electron chi connectivity index (χ3n) is 5.15. The topological polar surface area (TPSA) is 6.48 Å². The van der Waals surface area contributed by atoms with E-state index in [4.69, 9.17) is 0 Å². The second kappa shape index (κ2) is 7.49. The molecule has 1 aliphatic heterocycles. The van der Waals surface area contributed by atoms with Crippen molar-refractivity contribution in [1.82, 2.24) is 9.80 Å². The average molecular weight is 252 g/mol. The van der Waals surface area contributed by atoms with Crippen LogP contribution in [0.25, 0.3) is 0 Å². The molecule has 106 valence electrons. The third kappa shape index (κ3) is 3.96. The molecule has 1 heterocycles. The molecule has 0 unspecified atom stereocenters. The van der Waals surface area contributed by atoms with Crippen molar-refractivity contribution in [2.75, 3.05) is 39.3 Å². The fraction of sp³-hybridized carbons (Fsp3) is 1.00. The molecule has 1 saturated carbocycles. The van der Waals surface area contributed by atoms with Crippen LogP contribution in [0.2, 0.25) is 0 Å². The summed E-state index contributed by atoms with van der Waals surface area (Å²) in [5, 5.41) is 0. The number of fused-ring (bicyclic) bond motifs is 1. The van der Waals surface area contributed by atoms with Crippen LogP contribution in [0.4, 0.5) is 0 Å². The SMILES string of the molecule is CCN(CC)CCCCN1C[C@H]2CCCC[C@@H]2C1. The van der Waals surface area contributed by atoms with Crippen LogP contribution < -0.4 is 0 Å². The zero-order valence-electron chi connectivity index (χ0n) is 12.5. The maximum atomic E-state index is 2.75. The van der Waals surface area contributed by atoms with Crippen LogP contribution in [0.3, 0.4) is 0 Å². The predicted molar refractivity (Wildman–Crippen MR) is 78.9 cm³/mol. The lowest BCUT2D eigenvalue weighted by molar-refractivity contribution is 0.272. The van der Waals surface area contributed by atoms with Crippen LogP contribution in [0, 0.1) is 11.8 Å². The van der Waals surface area contributed by atoms with E-state index in [2.05, 4.69) is 23.6 Å². The van der Waals surface area contributed by atoms with Gasteiger partial charge in [-0.2, -0.15) is 0 Å². The van der Waals surface area contributed by atoms with E-state index in [1.54, 1.807) is 0 Å². The summed E-state index contributed by atoms with van der Waals surface area (Å²) in [6.45, 7) is 12.5. The minimum atomic E-state index is 1.06. The first-order valence-electron chi connectivity index (χ1n) is 8.28. The van der Waals surface area contributed by atoms with Gasteiger partial charge in [-0.1, -0.05) is 26.7 Å². The van der Waals surface area contributed by atoms with Gasteiger partial charge >= 0.3 is 0 Å². The van der Waals surface area contributed by atoms with E-state index in [1.807, 2.05) is 0 Å². The van der Waals surface area contributed by atoms with E-state index >= 15 is 0 Å². The standard InChI is InChI=1S/C16H32N2/c1-3-17(4-2)11-7-8-12-18-13-15-9-5-6-10-16(15)14-18/h15-16H,3-14H2,1-2H3/t15-,16-/m1/s1. The minimum Gasteiger partial charge on any atom is -0.304 e. The normalized spacial score (nSPS) is 28.8. The van der Waals surface area contributed by atoms with Crippen LogP contribution in [0.15, 0.2) is 0 Å². The Labute approximate surface area is 114 Å². The summed E-state index contributed by atoms with van der Waals surface area (Å²) in [6.07, 6.45) is 8.80. The van der Waals surface area contributed by atoms with Crippen molar-refractivity contribution in [2.45, 2.75) is 52.4 Å². The maximum absolute atomic E-state index is 2.75. The molecule has 1 saturated heterocycles. The van der Waals surface area contributed by atoms with E-state index < -0.39 is 0 Å².